The molecule has 0 N–H and O–H groups in total. The SMILES string of the molecule is COc1ccc(C2C(C(=O)C(C)(C)C)N3c4ccc(F)cc4C=CC3C23C(=O)c2ccccc2C3=O)c(OC)c1. The van der Waals surface area contributed by atoms with Crippen LogP contribution in [0.5, 0.6) is 11.5 Å². The van der Waals surface area contributed by atoms with E-state index in [0.29, 0.717) is 39.4 Å². The maximum absolute atomic E-state index is 14.7. The molecule has 0 saturated carbocycles. The lowest BCUT2D eigenvalue weighted by molar-refractivity contribution is -0.127. The molecule has 1 aliphatic carbocycles. The predicted molar refractivity (Wildman–Crippen MR) is 150 cm³/mol. The van der Waals surface area contributed by atoms with E-state index >= 15 is 0 Å². The Bertz CT molecular complexity index is 1580. The van der Waals surface area contributed by atoms with Crippen LogP contribution in [0, 0.1) is 16.6 Å². The number of carbonyl (C=O) groups is 3. The second-order valence-corrected chi connectivity index (χ2v) is 11.6. The van der Waals surface area contributed by atoms with Crippen molar-refractivity contribution in [2.24, 2.45) is 10.8 Å². The number of methoxy groups -OCH3 is 2. The Morgan fingerprint density at radius 1 is 0.925 bits per heavy atom. The molecule has 3 aromatic carbocycles. The highest BCUT2D eigenvalue weighted by Crippen LogP contribution is 2.62. The van der Waals surface area contributed by atoms with Crippen LogP contribution in [0.2, 0.25) is 0 Å². The first-order valence-corrected chi connectivity index (χ1v) is 13.3. The quantitative estimate of drug-likeness (QED) is 0.385. The van der Waals surface area contributed by atoms with E-state index < -0.39 is 34.6 Å². The van der Waals surface area contributed by atoms with Crippen molar-refractivity contribution in [3.63, 3.8) is 0 Å². The van der Waals surface area contributed by atoms with Crippen molar-refractivity contribution in [3.8, 4) is 11.5 Å². The summed E-state index contributed by atoms with van der Waals surface area (Å²) in [6.07, 6.45) is 3.53. The third kappa shape index (κ3) is 3.36. The number of ether oxygens (including phenoxy) is 2. The van der Waals surface area contributed by atoms with Crippen molar-refractivity contribution in [2.75, 3.05) is 19.1 Å². The molecule has 2 heterocycles. The molecule has 0 bridgehead atoms. The van der Waals surface area contributed by atoms with Gasteiger partial charge in [0.2, 0.25) is 0 Å². The zero-order chi connectivity index (χ0) is 28.6. The average molecular weight is 540 g/mol. The Labute approximate surface area is 232 Å². The van der Waals surface area contributed by atoms with Gasteiger partial charge in [-0.05, 0) is 24.3 Å². The summed E-state index contributed by atoms with van der Waals surface area (Å²) in [5.74, 6) is -1.16. The first-order valence-electron chi connectivity index (χ1n) is 13.3. The lowest BCUT2D eigenvalue weighted by Gasteiger charge is -2.38. The molecule has 3 atom stereocenters. The summed E-state index contributed by atoms with van der Waals surface area (Å²) < 4.78 is 25.6. The molecule has 7 heteroatoms. The van der Waals surface area contributed by atoms with Crippen LogP contribution in [0.1, 0.15) is 58.5 Å². The topological polar surface area (TPSA) is 72.9 Å². The maximum Gasteiger partial charge on any atom is 0.180 e. The molecule has 0 amide bonds. The third-order valence-electron chi connectivity index (χ3n) is 8.55. The molecule has 0 aromatic heterocycles. The van der Waals surface area contributed by atoms with Crippen molar-refractivity contribution in [1.82, 2.24) is 0 Å². The minimum absolute atomic E-state index is 0.139. The molecule has 204 valence electrons. The molecule has 1 fully saturated rings. The Kier molecular flexibility index (Phi) is 5.77. The summed E-state index contributed by atoms with van der Waals surface area (Å²) in [7, 11) is 3.05. The normalized spacial score (nSPS) is 22.2. The van der Waals surface area contributed by atoms with Gasteiger partial charge in [0.05, 0.1) is 26.3 Å². The van der Waals surface area contributed by atoms with Crippen LogP contribution in [0.4, 0.5) is 10.1 Å². The Morgan fingerprint density at radius 2 is 1.60 bits per heavy atom. The van der Waals surface area contributed by atoms with Gasteiger partial charge in [-0.1, -0.05) is 63.3 Å². The molecule has 1 spiro atoms. The molecular formula is C33H30FNO5. The molecule has 3 unspecified atom stereocenters. The highest BCUT2D eigenvalue weighted by Gasteiger charge is 2.72. The van der Waals surface area contributed by atoms with E-state index in [1.54, 1.807) is 67.8 Å². The number of benzene rings is 3. The first kappa shape index (κ1) is 26.0. The monoisotopic (exact) mass is 539 g/mol. The fourth-order valence-electron chi connectivity index (χ4n) is 6.81. The molecule has 6 nitrogen and oxygen atoms in total. The zero-order valence-corrected chi connectivity index (χ0v) is 23.0. The summed E-state index contributed by atoms with van der Waals surface area (Å²) in [4.78, 5) is 45.7. The lowest BCUT2D eigenvalue weighted by atomic mass is 9.63. The maximum atomic E-state index is 14.7. The van der Waals surface area contributed by atoms with Crippen molar-refractivity contribution in [3.05, 3.63) is 94.8 Å². The van der Waals surface area contributed by atoms with Crippen molar-refractivity contribution < 1.29 is 28.2 Å². The van der Waals surface area contributed by atoms with E-state index in [1.807, 2.05) is 25.7 Å². The summed E-state index contributed by atoms with van der Waals surface area (Å²) in [6.45, 7) is 5.49. The smallest absolute Gasteiger partial charge is 0.180 e. The Hall–Kier alpha value is -4.26. The van der Waals surface area contributed by atoms with Gasteiger partial charge in [0, 0.05) is 45.3 Å². The van der Waals surface area contributed by atoms with Gasteiger partial charge in [-0.25, -0.2) is 4.39 Å². The number of anilines is 1. The highest BCUT2D eigenvalue weighted by molar-refractivity contribution is 6.32. The van der Waals surface area contributed by atoms with Crippen LogP contribution in [0.3, 0.4) is 0 Å². The largest absolute Gasteiger partial charge is 0.497 e. The van der Waals surface area contributed by atoms with E-state index in [1.165, 1.54) is 19.2 Å². The number of fused-ring (bicyclic) bond motifs is 5. The Morgan fingerprint density at radius 3 is 2.20 bits per heavy atom. The van der Waals surface area contributed by atoms with Gasteiger partial charge in [-0.15, -0.1) is 0 Å². The first-order chi connectivity index (χ1) is 19.0. The van der Waals surface area contributed by atoms with Gasteiger partial charge in [-0.2, -0.15) is 0 Å². The van der Waals surface area contributed by atoms with Crippen molar-refractivity contribution in [1.29, 1.82) is 0 Å². The molecule has 6 rings (SSSR count). The standard InChI is InChI=1S/C33H30FNO5/c1-32(2,3)31(38)28-27(23-13-12-20(39-4)17-25(23)40-5)33(29(36)21-8-6-7-9-22(21)30(33)37)26-15-10-18-16-19(34)11-14-24(18)35(26)28/h6-17,26-28H,1-5H3. The summed E-state index contributed by atoms with van der Waals surface area (Å²) in [5.41, 5.74) is -0.0542. The number of ketones is 3. The van der Waals surface area contributed by atoms with Crippen molar-refractivity contribution in [2.45, 2.75) is 38.8 Å². The minimum atomic E-state index is -1.65. The molecule has 3 aliphatic rings. The molecule has 0 radical (unpaired) electrons. The van der Waals surface area contributed by atoms with Gasteiger partial charge in [0.25, 0.3) is 0 Å². The van der Waals surface area contributed by atoms with Crippen LogP contribution in [0.25, 0.3) is 6.08 Å². The number of nitrogens with zero attached hydrogens (tertiary/aromatic N) is 1. The van der Waals surface area contributed by atoms with E-state index in [0.717, 1.165) is 0 Å². The number of hydrogen-bond acceptors (Lipinski definition) is 6. The minimum Gasteiger partial charge on any atom is -0.497 e. The van der Waals surface area contributed by atoms with Crippen LogP contribution >= 0.6 is 0 Å². The van der Waals surface area contributed by atoms with Gasteiger partial charge in [0.1, 0.15) is 22.7 Å². The summed E-state index contributed by atoms with van der Waals surface area (Å²) in [5, 5.41) is 0. The van der Waals surface area contributed by atoms with Crippen LogP contribution in [-0.2, 0) is 4.79 Å². The van der Waals surface area contributed by atoms with Gasteiger partial charge in [0.15, 0.2) is 17.3 Å². The third-order valence-corrected chi connectivity index (χ3v) is 8.55. The van der Waals surface area contributed by atoms with E-state index in [2.05, 4.69) is 0 Å². The number of rotatable bonds is 4. The van der Waals surface area contributed by atoms with E-state index in [-0.39, 0.29) is 17.3 Å². The number of hydrogen-bond donors (Lipinski definition) is 0. The highest BCUT2D eigenvalue weighted by atomic mass is 19.1. The predicted octanol–water partition coefficient (Wildman–Crippen LogP) is 5.89. The zero-order valence-electron chi connectivity index (χ0n) is 23.0. The van der Waals surface area contributed by atoms with Gasteiger partial charge < -0.3 is 14.4 Å². The Balaban J connectivity index is 1.72. The molecule has 1 saturated heterocycles. The van der Waals surface area contributed by atoms with Crippen molar-refractivity contribution >= 4 is 29.1 Å². The van der Waals surface area contributed by atoms with E-state index in [9.17, 15) is 18.8 Å². The van der Waals surface area contributed by atoms with Gasteiger partial charge >= 0.3 is 0 Å². The molecular weight excluding hydrogens is 509 g/mol. The molecule has 2 aliphatic heterocycles. The molecule has 40 heavy (non-hydrogen) atoms. The number of carbonyl (C=O) groups excluding carboxylic acids is 3. The second kappa shape index (κ2) is 8.88. The second-order valence-electron chi connectivity index (χ2n) is 11.6. The number of Topliss-reactive ketones (excluding diaryl/α,β-unsaturated/α-hetero) is 3. The van der Waals surface area contributed by atoms with Gasteiger partial charge in [-0.3, -0.25) is 14.4 Å². The van der Waals surface area contributed by atoms with E-state index in [4.69, 9.17) is 9.47 Å². The number of halogens is 1. The molecule has 3 aromatic rings. The lowest BCUT2D eigenvalue weighted by Crippen LogP contribution is -2.49. The average Bonchev–Trinajstić information content (AvgIpc) is 3.37. The summed E-state index contributed by atoms with van der Waals surface area (Å²) >= 11 is 0. The fraction of sp³-hybridized carbons (Fsp3) is 0.303. The fourth-order valence-corrected chi connectivity index (χ4v) is 6.81. The summed E-state index contributed by atoms with van der Waals surface area (Å²) in [6, 6.07) is 14.7. The van der Waals surface area contributed by atoms with Crippen LogP contribution in [-0.4, -0.2) is 43.7 Å². The van der Waals surface area contributed by atoms with Crippen LogP contribution in [0.15, 0.2) is 66.7 Å². The van der Waals surface area contributed by atoms with Crippen LogP contribution < -0.4 is 14.4 Å².